The van der Waals surface area contributed by atoms with Crippen molar-refractivity contribution in [3.05, 3.63) is 70.9 Å². The maximum atomic E-state index is 13.1. The van der Waals surface area contributed by atoms with Gasteiger partial charge >= 0.3 is 12.0 Å². The van der Waals surface area contributed by atoms with Crippen molar-refractivity contribution in [3.63, 3.8) is 0 Å². The highest BCUT2D eigenvalue weighted by Crippen LogP contribution is 2.34. The predicted octanol–water partition coefficient (Wildman–Crippen LogP) is 3.39. The number of rotatable bonds is 8. The van der Waals surface area contributed by atoms with Crippen molar-refractivity contribution >= 4 is 17.7 Å². The van der Waals surface area contributed by atoms with Crippen molar-refractivity contribution in [2.24, 2.45) is 0 Å². The summed E-state index contributed by atoms with van der Waals surface area (Å²) < 4.78 is 11.2. The van der Waals surface area contributed by atoms with Gasteiger partial charge in [-0.3, -0.25) is 4.90 Å². The van der Waals surface area contributed by atoms with Crippen molar-refractivity contribution in [3.8, 4) is 5.75 Å². The fraction of sp³-hybridized carbons (Fsp3) is 0.407. The van der Waals surface area contributed by atoms with Crippen LogP contribution in [0.4, 0.5) is 10.5 Å². The van der Waals surface area contributed by atoms with Gasteiger partial charge in [-0.25, -0.2) is 9.59 Å². The minimum absolute atomic E-state index is 0.249. The second-order valence-corrected chi connectivity index (χ2v) is 8.71. The molecule has 35 heavy (non-hydrogen) atoms. The van der Waals surface area contributed by atoms with E-state index in [-0.39, 0.29) is 12.6 Å². The number of para-hydroxylation sites is 1. The monoisotopic (exact) mass is 478 g/mol. The molecule has 0 aromatic heterocycles. The summed E-state index contributed by atoms with van der Waals surface area (Å²) in [4.78, 5) is 30.4. The second-order valence-electron chi connectivity index (χ2n) is 8.71. The zero-order valence-corrected chi connectivity index (χ0v) is 20.7. The van der Waals surface area contributed by atoms with Crippen LogP contribution < -0.4 is 20.3 Å². The van der Waals surface area contributed by atoms with Crippen LogP contribution >= 0.6 is 0 Å². The summed E-state index contributed by atoms with van der Waals surface area (Å²) in [6, 6.07) is 15.0. The first-order valence-corrected chi connectivity index (χ1v) is 12.2. The van der Waals surface area contributed by atoms with Crippen LogP contribution in [0, 0.1) is 6.92 Å². The zero-order valence-electron chi connectivity index (χ0n) is 20.7. The van der Waals surface area contributed by atoms with Crippen LogP contribution in [-0.4, -0.2) is 62.8 Å². The molecule has 0 saturated carbocycles. The van der Waals surface area contributed by atoms with E-state index in [0.717, 1.165) is 31.7 Å². The van der Waals surface area contributed by atoms with E-state index in [2.05, 4.69) is 51.6 Å². The van der Waals surface area contributed by atoms with Gasteiger partial charge in [-0.15, -0.1) is 0 Å². The van der Waals surface area contributed by atoms with Gasteiger partial charge in [-0.1, -0.05) is 35.9 Å². The summed E-state index contributed by atoms with van der Waals surface area (Å²) >= 11 is 0. The lowest BCUT2D eigenvalue weighted by molar-refractivity contribution is -0.139. The summed E-state index contributed by atoms with van der Waals surface area (Å²) in [5.41, 5.74) is 4.18. The number of nitrogens with zero attached hydrogens (tertiary/aromatic N) is 2. The molecule has 2 aromatic carbocycles. The van der Waals surface area contributed by atoms with Crippen LogP contribution in [0.1, 0.15) is 31.0 Å². The van der Waals surface area contributed by atoms with Crippen molar-refractivity contribution in [1.82, 2.24) is 15.5 Å². The first kappa shape index (κ1) is 24.6. The van der Waals surface area contributed by atoms with Gasteiger partial charge in [0.2, 0.25) is 0 Å². The molecule has 2 heterocycles. The van der Waals surface area contributed by atoms with Gasteiger partial charge in [-0.2, -0.15) is 0 Å². The molecular weight excluding hydrogens is 444 g/mol. The molecule has 2 aliphatic rings. The van der Waals surface area contributed by atoms with E-state index in [1.54, 1.807) is 6.92 Å². The average molecular weight is 479 g/mol. The Bertz CT molecular complexity index is 1070. The maximum Gasteiger partial charge on any atom is 0.338 e. The number of urea groups is 1. The van der Waals surface area contributed by atoms with E-state index >= 15 is 0 Å². The van der Waals surface area contributed by atoms with Crippen LogP contribution in [0.25, 0.3) is 0 Å². The molecule has 8 nitrogen and oxygen atoms in total. The van der Waals surface area contributed by atoms with Crippen LogP contribution in [-0.2, 0) is 9.53 Å². The molecule has 0 aliphatic carbocycles. The third-order valence-electron chi connectivity index (χ3n) is 6.33. The Balaban J connectivity index is 1.58. The van der Waals surface area contributed by atoms with E-state index in [0.29, 0.717) is 30.2 Å². The average Bonchev–Trinajstić information content (AvgIpc) is 2.85. The third kappa shape index (κ3) is 5.77. The van der Waals surface area contributed by atoms with E-state index in [1.165, 1.54) is 11.3 Å². The van der Waals surface area contributed by atoms with E-state index in [1.807, 2.05) is 31.2 Å². The SMILES string of the molecule is CCOC(=O)C1=C(CN2CCN(c3ccc(C)cc3)CC2)NC(=O)N[C@@H]1c1ccccc1OCC. The first-order valence-electron chi connectivity index (χ1n) is 12.2. The standard InChI is InChI=1S/C27H34N4O4/c1-4-34-23-9-7-6-8-21(23)25-24(26(32)35-5-2)22(28-27(33)29-25)18-30-14-16-31(17-15-30)20-12-10-19(3)11-13-20/h6-13,25H,4-5,14-18H2,1-3H3,(H2,28,29,33)/t25-/m1/s1. The highest BCUT2D eigenvalue weighted by molar-refractivity contribution is 5.95. The third-order valence-corrected chi connectivity index (χ3v) is 6.33. The minimum Gasteiger partial charge on any atom is -0.494 e. The lowest BCUT2D eigenvalue weighted by atomic mass is 9.94. The Morgan fingerprint density at radius 3 is 2.40 bits per heavy atom. The number of anilines is 1. The van der Waals surface area contributed by atoms with Crippen molar-refractivity contribution in [2.45, 2.75) is 26.8 Å². The molecule has 0 bridgehead atoms. The van der Waals surface area contributed by atoms with E-state index < -0.39 is 12.0 Å². The topological polar surface area (TPSA) is 83.1 Å². The van der Waals surface area contributed by atoms with Crippen LogP contribution in [0.15, 0.2) is 59.8 Å². The molecule has 4 rings (SSSR count). The molecule has 0 radical (unpaired) electrons. The Hall–Kier alpha value is -3.52. The van der Waals surface area contributed by atoms with Gasteiger partial charge in [0.15, 0.2) is 0 Å². The molecule has 2 aromatic rings. The largest absolute Gasteiger partial charge is 0.494 e. The van der Waals surface area contributed by atoms with Gasteiger partial charge in [0, 0.05) is 49.7 Å². The fourth-order valence-electron chi connectivity index (χ4n) is 4.58. The van der Waals surface area contributed by atoms with Gasteiger partial charge < -0.3 is 25.0 Å². The summed E-state index contributed by atoms with van der Waals surface area (Å²) in [5.74, 6) is 0.194. The number of carbonyl (C=O) groups excluding carboxylic acids is 2. The number of benzene rings is 2. The van der Waals surface area contributed by atoms with Crippen LogP contribution in [0.2, 0.25) is 0 Å². The molecule has 1 atom stereocenters. The molecule has 0 unspecified atom stereocenters. The molecular formula is C27H34N4O4. The Labute approximate surface area is 206 Å². The molecule has 2 amide bonds. The molecule has 1 fully saturated rings. The Morgan fingerprint density at radius 1 is 1.00 bits per heavy atom. The number of piperazine rings is 1. The number of esters is 1. The maximum absolute atomic E-state index is 13.1. The second kappa shape index (κ2) is 11.3. The van der Waals surface area contributed by atoms with E-state index in [4.69, 9.17) is 9.47 Å². The molecule has 1 saturated heterocycles. The summed E-state index contributed by atoms with van der Waals surface area (Å²) in [7, 11) is 0. The summed E-state index contributed by atoms with van der Waals surface area (Å²) in [6.07, 6.45) is 0. The first-order chi connectivity index (χ1) is 17.0. The smallest absolute Gasteiger partial charge is 0.338 e. The van der Waals surface area contributed by atoms with Crippen molar-refractivity contribution < 1.29 is 19.1 Å². The fourth-order valence-corrected chi connectivity index (χ4v) is 4.58. The van der Waals surface area contributed by atoms with Crippen LogP contribution in [0.3, 0.4) is 0 Å². The quantitative estimate of drug-likeness (QED) is 0.566. The molecule has 2 aliphatic heterocycles. The van der Waals surface area contributed by atoms with Crippen molar-refractivity contribution in [2.75, 3.05) is 50.8 Å². The summed E-state index contributed by atoms with van der Waals surface area (Å²) in [6.45, 7) is 10.3. The molecule has 186 valence electrons. The minimum atomic E-state index is -0.658. The highest BCUT2D eigenvalue weighted by atomic mass is 16.5. The lowest BCUT2D eigenvalue weighted by Crippen LogP contribution is -2.51. The van der Waals surface area contributed by atoms with Gasteiger partial charge in [0.1, 0.15) is 5.75 Å². The zero-order chi connectivity index (χ0) is 24.8. The number of amides is 2. The molecule has 0 spiro atoms. The number of ether oxygens (including phenoxy) is 2. The Kier molecular flexibility index (Phi) is 7.92. The number of hydrogen-bond donors (Lipinski definition) is 2. The molecule has 8 heteroatoms. The van der Waals surface area contributed by atoms with Crippen molar-refractivity contribution in [1.29, 1.82) is 0 Å². The number of hydrogen-bond acceptors (Lipinski definition) is 6. The normalized spacial score (nSPS) is 18.7. The lowest BCUT2D eigenvalue weighted by Gasteiger charge is -2.38. The number of carbonyl (C=O) groups is 2. The van der Waals surface area contributed by atoms with Crippen LogP contribution in [0.5, 0.6) is 5.75 Å². The number of nitrogens with one attached hydrogen (secondary N) is 2. The predicted molar refractivity (Wildman–Crippen MR) is 136 cm³/mol. The van der Waals surface area contributed by atoms with E-state index in [9.17, 15) is 9.59 Å². The summed E-state index contributed by atoms with van der Waals surface area (Å²) in [5, 5.41) is 5.79. The van der Waals surface area contributed by atoms with Gasteiger partial charge in [0.25, 0.3) is 0 Å². The highest BCUT2D eigenvalue weighted by Gasteiger charge is 2.36. The Morgan fingerprint density at radius 2 is 1.71 bits per heavy atom. The van der Waals surface area contributed by atoms with Gasteiger partial charge in [-0.05, 0) is 39.0 Å². The molecule has 2 N–H and O–H groups in total. The number of aryl methyl sites for hydroxylation is 1. The van der Waals surface area contributed by atoms with Gasteiger partial charge in [0.05, 0.1) is 24.8 Å².